The zero-order valence-corrected chi connectivity index (χ0v) is 13.6. The topological polar surface area (TPSA) is 66.9 Å². The Kier molecular flexibility index (Phi) is 3.96. The number of benzene rings is 1. The van der Waals surface area contributed by atoms with Gasteiger partial charge in [-0.3, -0.25) is 4.79 Å². The molecule has 1 amide bonds. The number of ether oxygens (including phenoxy) is 1. The Labute approximate surface area is 130 Å². The van der Waals surface area contributed by atoms with E-state index in [9.17, 15) is 13.2 Å². The summed E-state index contributed by atoms with van der Waals surface area (Å²) in [5.74, 6) is -0.0156. The first-order valence-corrected chi connectivity index (χ1v) is 8.90. The molecule has 0 saturated carbocycles. The molecule has 120 valence electrons. The van der Waals surface area contributed by atoms with Gasteiger partial charge in [-0.15, -0.1) is 0 Å². The van der Waals surface area contributed by atoms with E-state index in [0.717, 1.165) is 24.1 Å². The molecule has 2 heterocycles. The third-order valence-electron chi connectivity index (χ3n) is 4.23. The Morgan fingerprint density at radius 1 is 1.32 bits per heavy atom. The van der Waals surface area contributed by atoms with Gasteiger partial charge in [0, 0.05) is 25.7 Å². The van der Waals surface area contributed by atoms with Gasteiger partial charge in [0.2, 0.25) is 15.9 Å². The predicted octanol–water partition coefficient (Wildman–Crippen LogP) is 1.35. The molecular weight excluding hydrogens is 304 g/mol. The third kappa shape index (κ3) is 2.53. The number of carbonyl (C=O) groups excluding carboxylic acids is 1. The van der Waals surface area contributed by atoms with Crippen LogP contribution in [0.4, 0.5) is 5.69 Å². The summed E-state index contributed by atoms with van der Waals surface area (Å²) in [6.45, 7) is 4.75. The monoisotopic (exact) mass is 324 g/mol. The zero-order valence-electron chi connectivity index (χ0n) is 12.8. The van der Waals surface area contributed by atoms with Gasteiger partial charge in [0.25, 0.3) is 0 Å². The molecule has 1 unspecified atom stereocenters. The summed E-state index contributed by atoms with van der Waals surface area (Å²) in [7, 11) is -3.55. The van der Waals surface area contributed by atoms with Gasteiger partial charge in [0.05, 0.1) is 11.5 Å². The molecule has 1 fully saturated rings. The fourth-order valence-corrected chi connectivity index (χ4v) is 4.66. The second kappa shape index (κ2) is 5.64. The minimum absolute atomic E-state index is 0.0156. The Bertz CT molecular complexity index is 701. The van der Waals surface area contributed by atoms with Gasteiger partial charge in [-0.2, -0.15) is 4.31 Å². The van der Waals surface area contributed by atoms with Gasteiger partial charge < -0.3 is 9.64 Å². The highest BCUT2D eigenvalue weighted by molar-refractivity contribution is 7.89. The molecule has 2 aliphatic rings. The van der Waals surface area contributed by atoms with E-state index in [-0.39, 0.29) is 10.8 Å². The number of amides is 1. The van der Waals surface area contributed by atoms with Crippen LogP contribution in [0, 0.1) is 0 Å². The fourth-order valence-electron chi connectivity index (χ4n) is 3.09. The molecule has 2 aliphatic heterocycles. The van der Waals surface area contributed by atoms with Crippen molar-refractivity contribution in [1.82, 2.24) is 4.31 Å². The SMILES string of the molecule is CC(=O)N1CCCc2cc(S(=O)(=O)N3CCOC3C)ccc21. The van der Waals surface area contributed by atoms with Crippen LogP contribution in [0.2, 0.25) is 0 Å². The molecule has 3 rings (SSSR count). The van der Waals surface area contributed by atoms with Crippen LogP contribution in [0.5, 0.6) is 0 Å². The van der Waals surface area contributed by atoms with Crippen LogP contribution in [-0.4, -0.2) is 44.6 Å². The number of sulfonamides is 1. The summed E-state index contributed by atoms with van der Waals surface area (Å²) in [6, 6.07) is 5.02. The molecular formula is C15H20N2O4S. The van der Waals surface area contributed by atoms with Crippen molar-refractivity contribution in [3.8, 4) is 0 Å². The number of nitrogens with zero attached hydrogens (tertiary/aromatic N) is 2. The minimum atomic E-state index is -3.55. The number of fused-ring (bicyclic) bond motifs is 1. The van der Waals surface area contributed by atoms with E-state index in [2.05, 4.69) is 0 Å². The van der Waals surface area contributed by atoms with Crippen LogP contribution in [0.1, 0.15) is 25.8 Å². The van der Waals surface area contributed by atoms with Crippen molar-refractivity contribution in [2.24, 2.45) is 0 Å². The summed E-state index contributed by atoms with van der Waals surface area (Å²) in [5, 5.41) is 0. The van der Waals surface area contributed by atoms with Crippen LogP contribution in [0.15, 0.2) is 23.1 Å². The van der Waals surface area contributed by atoms with Gasteiger partial charge in [-0.05, 0) is 43.5 Å². The van der Waals surface area contributed by atoms with Crippen molar-refractivity contribution >= 4 is 21.6 Å². The summed E-state index contributed by atoms with van der Waals surface area (Å²) in [4.78, 5) is 13.7. The van der Waals surface area contributed by atoms with Crippen molar-refractivity contribution in [2.75, 3.05) is 24.6 Å². The predicted molar refractivity (Wildman–Crippen MR) is 82.1 cm³/mol. The molecule has 6 nitrogen and oxygen atoms in total. The second-order valence-corrected chi connectivity index (χ2v) is 7.54. The lowest BCUT2D eigenvalue weighted by Gasteiger charge is -2.29. The minimum Gasteiger partial charge on any atom is -0.361 e. The largest absolute Gasteiger partial charge is 0.361 e. The van der Waals surface area contributed by atoms with Crippen molar-refractivity contribution < 1.29 is 17.9 Å². The summed E-state index contributed by atoms with van der Waals surface area (Å²) >= 11 is 0. The van der Waals surface area contributed by atoms with E-state index in [4.69, 9.17) is 4.74 Å². The Hall–Kier alpha value is -1.44. The number of hydrogen-bond acceptors (Lipinski definition) is 4. The van der Waals surface area contributed by atoms with E-state index in [0.29, 0.717) is 19.7 Å². The lowest BCUT2D eigenvalue weighted by atomic mass is 10.0. The molecule has 0 radical (unpaired) electrons. The molecule has 0 aromatic heterocycles. The fraction of sp³-hybridized carbons (Fsp3) is 0.533. The molecule has 22 heavy (non-hydrogen) atoms. The summed E-state index contributed by atoms with van der Waals surface area (Å²) < 4.78 is 32.1. The summed E-state index contributed by atoms with van der Waals surface area (Å²) in [6.07, 6.45) is 1.20. The zero-order chi connectivity index (χ0) is 15.9. The van der Waals surface area contributed by atoms with E-state index >= 15 is 0 Å². The molecule has 0 spiro atoms. The smallest absolute Gasteiger partial charge is 0.245 e. The van der Waals surface area contributed by atoms with Gasteiger partial charge in [0.1, 0.15) is 6.23 Å². The molecule has 1 saturated heterocycles. The van der Waals surface area contributed by atoms with Crippen molar-refractivity contribution in [3.05, 3.63) is 23.8 Å². The lowest BCUT2D eigenvalue weighted by molar-refractivity contribution is -0.116. The quantitative estimate of drug-likeness (QED) is 0.824. The van der Waals surface area contributed by atoms with Crippen LogP contribution in [0.25, 0.3) is 0 Å². The van der Waals surface area contributed by atoms with Crippen LogP contribution < -0.4 is 4.90 Å². The highest BCUT2D eigenvalue weighted by atomic mass is 32.2. The maximum absolute atomic E-state index is 12.7. The van der Waals surface area contributed by atoms with Crippen molar-refractivity contribution in [1.29, 1.82) is 0 Å². The number of rotatable bonds is 2. The molecule has 1 atom stereocenters. The van der Waals surface area contributed by atoms with Gasteiger partial charge in [-0.25, -0.2) is 8.42 Å². The standard InChI is InChI=1S/C15H20N2O4S/c1-11(18)16-7-3-4-13-10-14(5-6-15(13)16)22(19,20)17-8-9-21-12(17)2/h5-6,10,12H,3-4,7-9H2,1-2H3. The number of hydrogen-bond donors (Lipinski definition) is 0. The molecule has 0 aliphatic carbocycles. The first-order chi connectivity index (χ1) is 10.4. The van der Waals surface area contributed by atoms with Crippen LogP contribution >= 0.6 is 0 Å². The maximum atomic E-state index is 12.7. The maximum Gasteiger partial charge on any atom is 0.245 e. The first kappa shape index (κ1) is 15.5. The second-order valence-electron chi connectivity index (χ2n) is 5.65. The number of anilines is 1. The van der Waals surface area contributed by atoms with Gasteiger partial charge in [-0.1, -0.05) is 0 Å². The average Bonchev–Trinajstić information content (AvgIpc) is 2.92. The Morgan fingerprint density at radius 2 is 2.09 bits per heavy atom. The highest BCUT2D eigenvalue weighted by Crippen LogP contribution is 2.31. The van der Waals surface area contributed by atoms with Crippen molar-refractivity contribution in [3.63, 3.8) is 0 Å². The molecule has 7 heteroatoms. The van der Waals surface area contributed by atoms with E-state index in [1.807, 2.05) is 0 Å². The number of carbonyl (C=O) groups is 1. The van der Waals surface area contributed by atoms with Gasteiger partial charge >= 0.3 is 0 Å². The highest BCUT2D eigenvalue weighted by Gasteiger charge is 2.34. The average molecular weight is 324 g/mol. The van der Waals surface area contributed by atoms with Crippen molar-refractivity contribution in [2.45, 2.75) is 37.8 Å². The summed E-state index contributed by atoms with van der Waals surface area (Å²) in [5.41, 5.74) is 1.73. The van der Waals surface area contributed by atoms with E-state index < -0.39 is 16.3 Å². The normalized spacial score (nSPS) is 22.6. The number of aryl methyl sites for hydroxylation is 1. The first-order valence-electron chi connectivity index (χ1n) is 7.46. The molecule has 1 aromatic rings. The lowest BCUT2D eigenvalue weighted by Crippen LogP contribution is -2.35. The Morgan fingerprint density at radius 3 is 2.73 bits per heavy atom. The molecule has 1 aromatic carbocycles. The van der Waals surface area contributed by atoms with E-state index in [1.165, 1.54) is 11.2 Å². The Balaban J connectivity index is 1.98. The molecule has 0 bridgehead atoms. The van der Waals surface area contributed by atoms with Gasteiger partial charge in [0.15, 0.2) is 0 Å². The molecule has 0 N–H and O–H groups in total. The third-order valence-corrected chi connectivity index (χ3v) is 6.18. The van der Waals surface area contributed by atoms with Crippen LogP contribution in [-0.2, 0) is 26.0 Å². The van der Waals surface area contributed by atoms with Crippen LogP contribution in [0.3, 0.4) is 0 Å². The van der Waals surface area contributed by atoms with E-state index in [1.54, 1.807) is 30.0 Å².